The van der Waals surface area contributed by atoms with Crippen LogP contribution in [0.1, 0.15) is 18.1 Å². The first kappa shape index (κ1) is 11.6. The number of hydrogen-bond donors (Lipinski definition) is 1. The smallest absolute Gasteiger partial charge is 0.309 e. The van der Waals surface area contributed by atoms with E-state index in [-0.39, 0.29) is 6.61 Å². The van der Waals surface area contributed by atoms with E-state index < -0.39 is 11.9 Å². The van der Waals surface area contributed by atoms with E-state index in [9.17, 15) is 4.79 Å². The SMILES string of the molecule is Cc1ccc(OCC(C)C(=O)O)cc1C. The second-order valence-corrected chi connectivity index (χ2v) is 3.80. The highest BCUT2D eigenvalue weighted by Gasteiger charge is 2.11. The van der Waals surface area contributed by atoms with Gasteiger partial charge in [-0.2, -0.15) is 0 Å². The predicted molar refractivity (Wildman–Crippen MR) is 58.2 cm³/mol. The standard InChI is InChI=1S/C12H16O3/c1-8-4-5-11(6-9(8)2)15-7-10(3)12(13)14/h4-6,10H,7H2,1-3H3,(H,13,14). The maximum atomic E-state index is 10.6. The fraction of sp³-hybridized carbons (Fsp3) is 0.417. The highest BCUT2D eigenvalue weighted by Crippen LogP contribution is 2.17. The lowest BCUT2D eigenvalue weighted by molar-refractivity contribution is -0.142. The Hall–Kier alpha value is -1.51. The summed E-state index contributed by atoms with van der Waals surface area (Å²) in [5.74, 6) is -0.586. The van der Waals surface area contributed by atoms with Crippen LogP contribution in [-0.4, -0.2) is 17.7 Å². The van der Waals surface area contributed by atoms with Gasteiger partial charge in [0.2, 0.25) is 0 Å². The molecular weight excluding hydrogens is 192 g/mol. The summed E-state index contributed by atoms with van der Waals surface area (Å²) in [6.07, 6.45) is 0. The van der Waals surface area contributed by atoms with Crippen LogP contribution < -0.4 is 4.74 Å². The molecule has 1 atom stereocenters. The van der Waals surface area contributed by atoms with Crippen LogP contribution in [0.25, 0.3) is 0 Å². The number of carboxylic acids is 1. The molecule has 1 N–H and O–H groups in total. The molecule has 1 aromatic rings. The van der Waals surface area contributed by atoms with E-state index in [0.29, 0.717) is 0 Å². The van der Waals surface area contributed by atoms with Crippen molar-refractivity contribution in [3.05, 3.63) is 29.3 Å². The Labute approximate surface area is 89.7 Å². The zero-order chi connectivity index (χ0) is 11.4. The molecule has 0 fully saturated rings. The van der Waals surface area contributed by atoms with Crippen LogP contribution in [-0.2, 0) is 4.79 Å². The second-order valence-electron chi connectivity index (χ2n) is 3.80. The van der Waals surface area contributed by atoms with Gasteiger partial charge in [-0.25, -0.2) is 0 Å². The molecule has 82 valence electrons. The molecule has 0 aliphatic rings. The van der Waals surface area contributed by atoms with E-state index in [1.54, 1.807) is 6.92 Å². The number of hydrogen-bond acceptors (Lipinski definition) is 2. The number of ether oxygens (including phenoxy) is 1. The average Bonchev–Trinajstić information content (AvgIpc) is 2.19. The number of carbonyl (C=O) groups is 1. The summed E-state index contributed by atoms with van der Waals surface area (Å²) in [5.41, 5.74) is 2.35. The van der Waals surface area contributed by atoms with Gasteiger partial charge in [0, 0.05) is 0 Å². The van der Waals surface area contributed by atoms with Gasteiger partial charge in [0.25, 0.3) is 0 Å². The zero-order valence-corrected chi connectivity index (χ0v) is 9.28. The van der Waals surface area contributed by atoms with Crippen molar-refractivity contribution in [1.82, 2.24) is 0 Å². The third-order valence-electron chi connectivity index (χ3n) is 2.40. The van der Waals surface area contributed by atoms with E-state index in [0.717, 1.165) is 11.3 Å². The van der Waals surface area contributed by atoms with Crippen molar-refractivity contribution in [3.63, 3.8) is 0 Å². The van der Waals surface area contributed by atoms with Crippen LogP contribution in [0.5, 0.6) is 5.75 Å². The number of aliphatic carboxylic acids is 1. The van der Waals surface area contributed by atoms with Crippen molar-refractivity contribution in [2.24, 2.45) is 5.92 Å². The summed E-state index contributed by atoms with van der Waals surface area (Å²) < 4.78 is 5.38. The maximum absolute atomic E-state index is 10.6. The molecule has 0 aromatic heterocycles. The molecule has 3 nitrogen and oxygen atoms in total. The predicted octanol–water partition coefficient (Wildman–Crippen LogP) is 2.40. The number of rotatable bonds is 4. The topological polar surface area (TPSA) is 46.5 Å². The minimum Gasteiger partial charge on any atom is -0.493 e. The van der Waals surface area contributed by atoms with Gasteiger partial charge in [-0.1, -0.05) is 6.07 Å². The highest BCUT2D eigenvalue weighted by molar-refractivity contribution is 5.69. The van der Waals surface area contributed by atoms with Gasteiger partial charge in [0.05, 0.1) is 5.92 Å². The Morgan fingerprint density at radius 1 is 1.40 bits per heavy atom. The monoisotopic (exact) mass is 208 g/mol. The lowest BCUT2D eigenvalue weighted by Crippen LogP contribution is -2.17. The quantitative estimate of drug-likeness (QED) is 0.826. The molecule has 3 heteroatoms. The van der Waals surface area contributed by atoms with Gasteiger partial charge in [-0.3, -0.25) is 4.79 Å². The molecule has 0 saturated carbocycles. The number of aryl methyl sites for hydroxylation is 2. The van der Waals surface area contributed by atoms with Crippen molar-refractivity contribution in [3.8, 4) is 5.75 Å². The number of carboxylic acid groups (broad SMARTS) is 1. The minimum absolute atomic E-state index is 0.206. The van der Waals surface area contributed by atoms with Crippen molar-refractivity contribution >= 4 is 5.97 Å². The molecule has 0 spiro atoms. The third kappa shape index (κ3) is 3.27. The zero-order valence-electron chi connectivity index (χ0n) is 9.28. The van der Waals surface area contributed by atoms with Gasteiger partial charge in [-0.15, -0.1) is 0 Å². The summed E-state index contributed by atoms with van der Waals surface area (Å²) in [4.78, 5) is 10.6. The fourth-order valence-corrected chi connectivity index (χ4v) is 1.10. The van der Waals surface area contributed by atoms with E-state index in [1.807, 2.05) is 32.0 Å². The Morgan fingerprint density at radius 3 is 2.60 bits per heavy atom. The molecule has 0 amide bonds. The van der Waals surface area contributed by atoms with Crippen LogP contribution in [0.15, 0.2) is 18.2 Å². The number of benzene rings is 1. The molecule has 0 heterocycles. The van der Waals surface area contributed by atoms with Crippen LogP contribution in [0.4, 0.5) is 0 Å². The van der Waals surface area contributed by atoms with E-state index >= 15 is 0 Å². The maximum Gasteiger partial charge on any atom is 0.309 e. The van der Waals surface area contributed by atoms with E-state index in [2.05, 4.69) is 0 Å². The molecule has 0 radical (unpaired) electrons. The van der Waals surface area contributed by atoms with Gasteiger partial charge >= 0.3 is 5.97 Å². The van der Waals surface area contributed by atoms with Crippen molar-refractivity contribution in [2.75, 3.05) is 6.61 Å². The van der Waals surface area contributed by atoms with E-state index in [4.69, 9.17) is 9.84 Å². The van der Waals surface area contributed by atoms with Crippen molar-refractivity contribution < 1.29 is 14.6 Å². The second kappa shape index (κ2) is 4.82. The highest BCUT2D eigenvalue weighted by atomic mass is 16.5. The minimum atomic E-state index is -0.834. The normalized spacial score (nSPS) is 12.2. The molecule has 0 aliphatic heterocycles. The molecule has 1 rings (SSSR count). The third-order valence-corrected chi connectivity index (χ3v) is 2.40. The average molecular weight is 208 g/mol. The fourth-order valence-electron chi connectivity index (χ4n) is 1.10. The van der Waals surface area contributed by atoms with Crippen LogP contribution in [0, 0.1) is 19.8 Å². The molecule has 15 heavy (non-hydrogen) atoms. The largest absolute Gasteiger partial charge is 0.493 e. The lowest BCUT2D eigenvalue weighted by atomic mass is 10.1. The molecular formula is C12H16O3. The Balaban J connectivity index is 2.58. The van der Waals surface area contributed by atoms with Crippen molar-refractivity contribution in [2.45, 2.75) is 20.8 Å². The van der Waals surface area contributed by atoms with Gasteiger partial charge in [-0.05, 0) is 44.0 Å². The summed E-state index contributed by atoms with van der Waals surface area (Å²) in [5, 5.41) is 8.68. The first-order valence-corrected chi connectivity index (χ1v) is 4.93. The van der Waals surface area contributed by atoms with Crippen LogP contribution in [0.2, 0.25) is 0 Å². The molecule has 1 unspecified atom stereocenters. The first-order chi connectivity index (χ1) is 7.00. The summed E-state index contributed by atoms with van der Waals surface area (Å²) in [6, 6.07) is 5.75. The molecule has 0 bridgehead atoms. The lowest BCUT2D eigenvalue weighted by Gasteiger charge is -2.10. The van der Waals surface area contributed by atoms with E-state index in [1.165, 1.54) is 5.56 Å². The Morgan fingerprint density at radius 2 is 2.07 bits per heavy atom. The molecule has 0 saturated heterocycles. The van der Waals surface area contributed by atoms with Crippen LogP contribution in [0.3, 0.4) is 0 Å². The van der Waals surface area contributed by atoms with Gasteiger partial charge in [0.1, 0.15) is 12.4 Å². The molecule has 0 aliphatic carbocycles. The Kier molecular flexibility index (Phi) is 3.72. The van der Waals surface area contributed by atoms with Gasteiger partial charge < -0.3 is 9.84 Å². The Bertz CT molecular complexity index is 358. The van der Waals surface area contributed by atoms with Crippen molar-refractivity contribution in [1.29, 1.82) is 0 Å². The summed E-state index contributed by atoms with van der Waals surface area (Å²) in [7, 11) is 0. The van der Waals surface area contributed by atoms with Gasteiger partial charge in [0.15, 0.2) is 0 Å². The first-order valence-electron chi connectivity index (χ1n) is 4.93. The van der Waals surface area contributed by atoms with Crippen LogP contribution >= 0.6 is 0 Å². The summed E-state index contributed by atoms with van der Waals surface area (Å²) in [6.45, 7) is 5.86. The summed E-state index contributed by atoms with van der Waals surface area (Å²) >= 11 is 0. The molecule has 1 aromatic carbocycles.